The summed E-state index contributed by atoms with van der Waals surface area (Å²) >= 11 is 0. The van der Waals surface area contributed by atoms with Gasteiger partial charge < -0.3 is 15.6 Å². The lowest BCUT2D eigenvalue weighted by atomic mass is 10.0. The molecule has 3 N–H and O–H groups in total. The van der Waals surface area contributed by atoms with E-state index in [1.165, 1.54) is 18.5 Å². The van der Waals surface area contributed by atoms with Gasteiger partial charge in [0.1, 0.15) is 0 Å². The Kier molecular flexibility index (Phi) is 3.18. The number of aromatic nitrogens is 2. The molecule has 1 amide bonds. The molecule has 0 saturated carbocycles. The Bertz CT molecular complexity index is 660. The van der Waals surface area contributed by atoms with Crippen LogP contribution < -0.4 is 11.1 Å². The number of fused-ring (bicyclic) bond motifs is 1. The quantitative estimate of drug-likeness (QED) is 0.816. The minimum Gasteiger partial charge on any atom is -0.397 e. The monoisotopic (exact) mass is 270 g/mol. The topological polar surface area (TPSA) is 72.9 Å². The Balaban J connectivity index is 2.09. The summed E-state index contributed by atoms with van der Waals surface area (Å²) in [5.41, 5.74) is 10.5. The summed E-state index contributed by atoms with van der Waals surface area (Å²) in [6.07, 6.45) is 6.22. The van der Waals surface area contributed by atoms with Crippen LogP contribution in [0.5, 0.6) is 0 Å². The average molecular weight is 270 g/mol. The first-order valence-electron chi connectivity index (χ1n) is 6.88. The number of imidazole rings is 1. The van der Waals surface area contributed by atoms with Gasteiger partial charge in [0.25, 0.3) is 5.91 Å². The molecule has 3 rings (SSSR count). The van der Waals surface area contributed by atoms with Gasteiger partial charge in [0.05, 0.1) is 23.4 Å². The smallest absolute Gasteiger partial charge is 0.251 e. The molecule has 1 aromatic heterocycles. The van der Waals surface area contributed by atoms with Gasteiger partial charge in [0, 0.05) is 18.3 Å². The van der Waals surface area contributed by atoms with Crippen molar-refractivity contribution in [3.63, 3.8) is 0 Å². The van der Waals surface area contributed by atoms with Gasteiger partial charge >= 0.3 is 0 Å². The Labute approximate surface area is 117 Å². The molecule has 1 aliphatic carbocycles. The van der Waals surface area contributed by atoms with E-state index >= 15 is 0 Å². The van der Waals surface area contributed by atoms with E-state index in [-0.39, 0.29) is 5.91 Å². The number of carbonyl (C=O) groups is 1. The number of anilines is 1. The number of rotatable bonds is 2. The standard InChI is InChI=1S/C15H18N4O/c1-17-15(20)10-6-7-11(16)14(8-10)19-9-18-12-4-2-3-5-13(12)19/h6-9H,2-5,16H2,1H3,(H,17,20). The molecule has 20 heavy (non-hydrogen) atoms. The van der Waals surface area contributed by atoms with Crippen LogP contribution in [0.1, 0.15) is 34.6 Å². The summed E-state index contributed by atoms with van der Waals surface area (Å²) in [4.78, 5) is 16.2. The average Bonchev–Trinajstić information content (AvgIpc) is 2.91. The van der Waals surface area contributed by atoms with Crippen LogP contribution in [0.4, 0.5) is 5.69 Å². The van der Waals surface area contributed by atoms with E-state index in [0.29, 0.717) is 11.3 Å². The first-order valence-corrected chi connectivity index (χ1v) is 6.88. The molecule has 0 saturated heterocycles. The van der Waals surface area contributed by atoms with E-state index in [4.69, 9.17) is 5.73 Å². The van der Waals surface area contributed by atoms with Crippen molar-refractivity contribution in [2.75, 3.05) is 12.8 Å². The van der Waals surface area contributed by atoms with Crippen molar-refractivity contribution in [1.29, 1.82) is 0 Å². The maximum atomic E-state index is 11.8. The fraction of sp³-hybridized carbons (Fsp3) is 0.333. The van der Waals surface area contributed by atoms with Crippen molar-refractivity contribution >= 4 is 11.6 Å². The predicted octanol–water partition coefficient (Wildman–Crippen LogP) is 1.69. The van der Waals surface area contributed by atoms with Gasteiger partial charge in [-0.3, -0.25) is 4.79 Å². The molecule has 0 bridgehead atoms. The predicted molar refractivity (Wildman–Crippen MR) is 78.0 cm³/mol. The van der Waals surface area contributed by atoms with Gasteiger partial charge in [-0.1, -0.05) is 0 Å². The lowest BCUT2D eigenvalue weighted by molar-refractivity contribution is 0.0963. The van der Waals surface area contributed by atoms with Crippen LogP contribution in [0.3, 0.4) is 0 Å². The van der Waals surface area contributed by atoms with Crippen LogP contribution >= 0.6 is 0 Å². The van der Waals surface area contributed by atoms with E-state index in [0.717, 1.165) is 24.2 Å². The first-order chi connectivity index (χ1) is 9.70. The van der Waals surface area contributed by atoms with Crippen LogP contribution in [0.25, 0.3) is 5.69 Å². The molecule has 1 aromatic carbocycles. The summed E-state index contributed by atoms with van der Waals surface area (Å²) < 4.78 is 2.02. The van der Waals surface area contributed by atoms with Crippen LogP contribution in [0.15, 0.2) is 24.5 Å². The van der Waals surface area contributed by atoms with Gasteiger partial charge in [-0.2, -0.15) is 0 Å². The van der Waals surface area contributed by atoms with Crippen molar-refractivity contribution in [2.24, 2.45) is 0 Å². The number of nitrogens with two attached hydrogens (primary N) is 1. The molecule has 0 spiro atoms. The summed E-state index contributed by atoms with van der Waals surface area (Å²) in [5, 5.41) is 2.63. The first kappa shape index (κ1) is 12.7. The largest absolute Gasteiger partial charge is 0.397 e. The van der Waals surface area contributed by atoms with Crippen LogP contribution in [-0.4, -0.2) is 22.5 Å². The number of aryl methyl sites for hydroxylation is 1. The van der Waals surface area contributed by atoms with Gasteiger partial charge in [-0.05, 0) is 43.9 Å². The van der Waals surface area contributed by atoms with Crippen molar-refractivity contribution in [3.8, 4) is 5.69 Å². The van der Waals surface area contributed by atoms with Crippen molar-refractivity contribution < 1.29 is 4.79 Å². The minimum absolute atomic E-state index is 0.111. The third-order valence-electron chi connectivity index (χ3n) is 3.81. The zero-order chi connectivity index (χ0) is 14.1. The Morgan fingerprint density at radius 2 is 2.15 bits per heavy atom. The number of hydrogen-bond acceptors (Lipinski definition) is 3. The molecule has 0 radical (unpaired) electrons. The molecule has 2 aromatic rings. The Morgan fingerprint density at radius 1 is 1.35 bits per heavy atom. The SMILES string of the molecule is CNC(=O)c1ccc(N)c(-n2cnc3c2CCCC3)c1. The summed E-state index contributed by atoms with van der Waals surface area (Å²) in [5.74, 6) is -0.111. The number of hydrogen-bond donors (Lipinski definition) is 2. The molecule has 1 aliphatic rings. The maximum absolute atomic E-state index is 11.8. The fourth-order valence-corrected chi connectivity index (χ4v) is 2.71. The highest BCUT2D eigenvalue weighted by Gasteiger charge is 2.18. The van der Waals surface area contributed by atoms with Gasteiger partial charge in [-0.15, -0.1) is 0 Å². The van der Waals surface area contributed by atoms with Crippen molar-refractivity contribution in [1.82, 2.24) is 14.9 Å². The Hall–Kier alpha value is -2.30. The Morgan fingerprint density at radius 3 is 2.95 bits per heavy atom. The molecule has 0 aliphatic heterocycles. The molecule has 5 nitrogen and oxygen atoms in total. The van der Waals surface area contributed by atoms with Gasteiger partial charge in [0.2, 0.25) is 0 Å². The normalized spacial score (nSPS) is 13.8. The lowest BCUT2D eigenvalue weighted by Crippen LogP contribution is -2.18. The number of benzene rings is 1. The fourth-order valence-electron chi connectivity index (χ4n) is 2.71. The molecular weight excluding hydrogens is 252 g/mol. The highest BCUT2D eigenvalue weighted by molar-refractivity contribution is 5.95. The van der Waals surface area contributed by atoms with Crippen LogP contribution in [-0.2, 0) is 12.8 Å². The zero-order valence-corrected chi connectivity index (χ0v) is 11.5. The highest BCUT2D eigenvalue weighted by atomic mass is 16.1. The van der Waals surface area contributed by atoms with Crippen molar-refractivity contribution in [2.45, 2.75) is 25.7 Å². The molecular formula is C15H18N4O. The van der Waals surface area contributed by atoms with Crippen LogP contribution in [0, 0.1) is 0 Å². The highest BCUT2D eigenvalue weighted by Crippen LogP contribution is 2.26. The number of nitrogen functional groups attached to an aromatic ring is 1. The minimum atomic E-state index is -0.111. The molecule has 5 heteroatoms. The van der Waals surface area contributed by atoms with Gasteiger partial charge in [0.15, 0.2) is 0 Å². The third kappa shape index (κ3) is 2.05. The summed E-state index contributed by atoms with van der Waals surface area (Å²) in [6, 6.07) is 5.33. The molecule has 0 fully saturated rings. The maximum Gasteiger partial charge on any atom is 0.251 e. The zero-order valence-electron chi connectivity index (χ0n) is 11.5. The molecule has 0 unspecified atom stereocenters. The van der Waals surface area contributed by atoms with Crippen LogP contribution in [0.2, 0.25) is 0 Å². The second kappa shape index (κ2) is 5.00. The molecule has 1 heterocycles. The van der Waals surface area contributed by atoms with E-state index in [9.17, 15) is 4.79 Å². The number of nitrogens with zero attached hydrogens (tertiary/aromatic N) is 2. The number of amides is 1. The van der Waals surface area contributed by atoms with E-state index in [1.54, 1.807) is 19.2 Å². The molecule has 0 atom stereocenters. The second-order valence-corrected chi connectivity index (χ2v) is 5.07. The molecule has 104 valence electrons. The number of nitrogens with one attached hydrogen (secondary N) is 1. The van der Waals surface area contributed by atoms with Crippen molar-refractivity contribution in [3.05, 3.63) is 41.5 Å². The van der Waals surface area contributed by atoms with E-state index < -0.39 is 0 Å². The second-order valence-electron chi connectivity index (χ2n) is 5.07. The lowest BCUT2D eigenvalue weighted by Gasteiger charge is -2.16. The van der Waals surface area contributed by atoms with E-state index in [2.05, 4.69) is 10.3 Å². The van der Waals surface area contributed by atoms with Gasteiger partial charge in [-0.25, -0.2) is 4.98 Å². The summed E-state index contributed by atoms with van der Waals surface area (Å²) in [7, 11) is 1.62. The third-order valence-corrected chi connectivity index (χ3v) is 3.81. The summed E-state index contributed by atoms with van der Waals surface area (Å²) in [6.45, 7) is 0. The van der Waals surface area contributed by atoms with E-state index in [1.807, 2.05) is 17.0 Å². The number of carbonyl (C=O) groups excluding carboxylic acids is 1.